The molecule has 9 heteroatoms. The van der Waals surface area contributed by atoms with Gasteiger partial charge in [-0.25, -0.2) is 0 Å². The molecule has 0 bridgehead atoms. The Morgan fingerprint density at radius 2 is 1.97 bits per heavy atom. The normalized spacial score (nSPS) is 15.6. The average Bonchev–Trinajstić information content (AvgIpc) is 2.79. The van der Waals surface area contributed by atoms with Gasteiger partial charge >= 0.3 is 0 Å². The van der Waals surface area contributed by atoms with E-state index in [1.165, 1.54) is 24.1 Å². The fourth-order valence-electron chi connectivity index (χ4n) is 3.42. The van der Waals surface area contributed by atoms with Gasteiger partial charge in [0.1, 0.15) is 11.8 Å². The lowest BCUT2D eigenvalue weighted by Gasteiger charge is -2.30. The number of imide groups is 1. The van der Waals surface area contributed by atoms with E-state index in [1.807, 2.05) is 6.92 Å². The van der Waals surface area contributed by atoms with Crippen LogP contribution >= 0.6 is 0 Å². The van der Waals surface area contributed by atoms with Gasteiger partial charge < -0.3 is 15.0 Å². The van der Waals surface area contributed by atoms with Crippen LogP contribution in [0.25, 0.3) is 0 Å². The van der Waals surface area contributed by atoms with Crippen LogP contribution < -0.4 is 15.4 Å². The van der Waals surface area contributed by atoms with E-state index in [9.17, 15) is 24.0 Å². The van der Waals surface area contributed by atoms with Crippen LogP contribution in [0, 0.1) is 0 Å². The van der Waals surface area contributed by atoms with Gasteiger partial charge in [-0.1, -0.05) is 19.8 Å². The minimum Gasteiger partial charge on any atom is -0.494 e. The summed E-state index contributed by atoms with van der Waals surface area (Å²) in [6.07, 6.45) is 5.11. The SMILES string of the molecule is CCC(=O)NCCCCCCOc1ccc(C=O)c(C(=O)N(C)C2CCC(=O)NC2=O)c1. The van der Waals surface area contributed by atoms with E-state index in [0.717, 1.165) is 25.7 Å². The number of carbonyl (C=O) groups excluding carboxylic acids is 5. The summed E-state index contributed by atoms with van der Waals surface area (Å²) in [6, 6.07) is 3.89. The highest BCUT2D eigenvalue weighted by Crippen LogP contribution is 2.21. The molecule has 1 aliphatic rings. The number of amides is 4. The third-order valence-corrected chi connectivity index (χ3v) is 5.36. The molecule has 4 amide bonds. The van der Waals surface area contributed by atoms with Crippen LogP contribution in [0.15, 0.2) is 18.2 Å². The molecule has 32 heavy (non-hydrogen) atoms. The predicted molar refractivity (Wildman–Crippen MR) is 117 cm³/mol. The molecule has 1 heterocycles. The third-order valence-electron chi connectivity index (χ3n) is 5.36. The van der Waals surface area contributed by atoms with Crippen molar-refractivity contribution >= 4 is 29.9 Å². The Bertz CT molecular complexity index is 854. The molecule has 2 rings (SSSR count). The van der Waals surface area contributed by atoms with Gasteiger partial charge in [0.2, 0.25) is 17.7 Å². The topological polar surface area (TPSA) is 122 Å². The first kappa shape index (κ1) is 25.0. The summed E-state index contributed by atoms with van der Waals surface area (Å²) in [5.41, 5.74) is 0.354. The summed E-state index contributed by atoms with van der Waals surface area (Å²) in [4.78, 5) is 60.3. The van der Waals surface area contributed by atoms with Gasteiger partial charge in [0.25, 0.3) is 5.91 Å². The van der Waals surface area contributed by atoms with Gasteiger partial charge in [0.05, 0.1) is 12.2 Å². The number of rotatable bonds is 12. The first-order valence-corrected chi connectivity index (χ1v) is 11.0. The Morgan fingerprint density at radius 3 is 2.66 bits per heavy atom. The lowest BCUT2D eigenvalue weighted by Crippen LogP contribution is -2.53. The van der Waals surface area contributed by atoms with Crippen LogP contribution in [0.1, 0.15) is 72.6 Å². The zero-order valence-electron chi connectivity index (χ0n) is 18.6. The molecule has 1 saturated heterocycles. The summed E-state index contributed by atoms with van der Waals surface area (Å²) in [6.45, 7) is 2.95. The zero-order valence-corrected chi connectivity index (χ0v) is 18.6. The number of benzene rings is 1. The summed E-state index contributed by atoms with van der Waals surface area (Å²) in [5.74, 6) is -0.846. The van der Waals surface area contributed by atoms with E-state index >= 15 is 0 Å². The van der Waals surface area contributed by atoms with Gasteiger partial charge in [-0.3, -0.25) is 29.3 Å². The van der Waals surface area contributed by atoms with Gasteiger partial charge in [-0.2, -0.15) is 0 Å². The highest BCUT2D eigenvalue weighted by atomic mass is 16.5. The van der Waals surface area contributed by atoms with Crippen LogP contribution in [0.2, 0.25) is 0 Å². The molecule has 1 atom stereocenters. The second-order valence-corrected chi connectivity index (χ2v) is 7.72. The summed E-state index contributed by atoms with van der Waals surface area (Å²) in [5, 5.41) is 5.07. The zero-order chi connectivity index (χ0) is 23.5. The molecule has 2 N–H and O–H groups in total. The van der Waals surface area contributed by atoms with Gasteiger partial charge in [0.15, 0.2) is 6.29 Å². The second-order valence-electron chi connectivity index (χ2n) is 7.72. The molecule has 0 aromatic heterocycles. The number of hydrogen-bond acceptors (Lipinski definition) is 6. The summed E-state index contributed by atoms with van der Waals surface area (Å²) in [7, 11) is 1.48. The van der Waals surface area contributed by atoms with Crippen LogP contribution in [0.3, 0.4) is 0 Å². The molecule has 0 saturated carbocycles. The highest BCUT2D eigenvalue weighted by molar-refractivity contribution is 6.06. The number of aldehydes is 1. The number of hydrogen-bond donors (Lipinski definition) is 2. The molecule has 0 radical (unpaired) electrons. The molecule has 0 spiro atoms. The van der Waals surface area contributed by atoms with E-state index in [2.05, 4.69) is 10.6 Å². The number of ether oxygens (including phenoxy) is 1. The average molecular weight is 446 g/mol. The van der Waals surface area contributed by atoms with Crippen LogP contribution in [0.5, 0.6) is 5.75 Å². The van der Waals surface area contributed by atoms with Crippen molar-refractivity contribution in [2.75, 3.05) is 20.2 Å². The van der Waals surface area contributed by atoms with Crippen molar-refractivity contribution in [1.82, 2.24) is 15.5 Å². The quantitative estimate of drug-likeness (QED) is 0.288. The number of piperidine rings is 1. The van der Waals surface area contributed by atoms with Crippen molar-refractivity contribution in [3.05, 3.63) is 29.3 Å². The molecular weight excluding hydrogens is 414 g/mol. The fourth-order valence-corrected chi connectivity index (χ4v) is 3.42. The smallest absolute Gasteiger partial charge is 0.255 e. The summed E-state index contributed by atoms with van der Waals surface area (Å²) < 4.78 is 5.74. The minimum atomic E-state index is -0.772. The van der Waals surface area contributed by atoms with Crippen LogP contribution in [-0.4, -0.2) is 61.1 Å². The number of likely N-dealkylation sites (N-methyl/N-ethyl adjacent to an activating group) is 1. The molecule has 1 fully saturated rings. The fraction of sp³-hybridized carbons (Fsp3) is 0.522. The van der Waals surface area contributed by atoms with Crippen LogP contribution in [-0.2, 0) is 14.4 Å². The molecule has 1 aliphatic heterocycles. The Hall–Kier alpha value is -3.23. The monoisotopic (exact) mass is 445 g/mol. The maximum absolute atomic E-state index is 13.0. The van der Waals surface area contributed by atoms with Gasteiger partial charge in [-0.15, -0.1) is 0 Å². The highest BCUT2D eigenvalue weighted by Gasteiger charge is 2.33. The molecule has 0 aliphatic carbocycles. The number of unbranched alkanes of at least 4 members (excludes halogenated alkanes) is 3. The van der Waals surface area contributed by atoms with Crippen molar-refractivity contribution < 1.29 is 28.7 Å². The van der Waals surface area contributed by atoms with Crippen molar-refractivity contribution in [3.8, 4) is 5.75 Å². The maximum atomic E-state index is 13.0. The third kappa shape index (κ3) is 7.18. The first-order valence-electron chi connectivity index (χ1n) is 11.0. The Balaban J connectivity index is 1.88. The standard InChI is InChI=1S/C23H31N3O6/c1-3-20(28)24-12-6-4-5-7-13-32-17-9-8-16(15-27)18(14-17)23(31)26(2)19-10-11-21(29)25-22(19)30/h8-9,14-15,19H,3-7,10-13H2,1-2H3,(H,24,28)(H,25,29,30). The second kappa shape index (κ2) is 12.6. The Labute approximate surface area is 187 Å². The Kier molecular flexibility index (Phi) is 9.84. The van der Waals surface area contributed by atoms with E-state index in [0.29, 0.717) is 31.6 Å². The summed E-state index contributed by atoms with van der Waals surface area (Å²) >= 11 is 0. The predicted octanol–water partition coefficient (Wildman–Crippen LogP) is 1.84. The number of nitrogens with one attached hydrogen (secondary N) is 2. The lowest BCUT2D eigenvalue weighted by molar-refractivity contribution is -0.136. The van der Waals surface area contributed by atoms with E-state index in [1.54, 1.807) is 6.07 Å². The molecule has 1 unspecified atom stereocenters. The van der Waals surface area contributed by atoms with E-state index in [-0.39, 0.29) is 35.8 Å². The largest absolute Gasteiger partial charge is 0.494 e. The lowest BCUT2D eigenvalue weighted by atomic mass is 10.0. The molecular formula is C23H31N3O6. The van der Waals surface area contributed by atoms with Gasteiger partial charge in [0, 0.05) is 32.0 Å². The van der Waals surface area contributed by atoms with E-state index in [4.69, 9.17) is 4.74 Å². The van der Waals surface area contributed by atoms with Crippen molar-refractivity contribution in [3.63, 3.8) is 0 Å². The van der Waals surface area contributed by atoms with Crippen molar-refractivity contribution in [2.45, 2.75) is 57.9 Å². The minimum absolute atomic E-state index is 0.0562. The molecule has 9 nitrogen and oxygen atoms in total. The van der Waals surface area contributed by atoms with E-state index < -0.39 is 17.9 Å². The number of nitrogens with zero attached hydrogens (tertiary/aromatic N) is 1. The Morgan fingerprint density at radius 1 is 1.22 bits per heavy atom. The van der Waals surface area contributed by atoms with Crippen molar-refractivity contribution in [2.24, 2.45) is 0 Å². The van der Waals surface area contributed by atoms with Gasteiger partial charge in [-0.05, 0) is 37.5 Å². The first-order chi connectivity index (χ1) is 15.4. The van der Waals surface area contributed by atoms with Crippen molar-refractivity contribution in [1.29, 1.82) is 0 Å². The maximum Gasteiger partial charge on any atom is 0.255 e. The molecule has 174 valence electrons. The molecule has 1 aromatic rings. The number of carbonyl (C=O) groups is 5. The molecule has 1 aromatic carbocycles. The van der Waals surface area contributed by atoms with Crippen LogP contribution in [0.4, 0.5) is 0 Å².